The first-order chi connectivity index (χ1) is 9.24. The van der Waals surface area contributed by atoms with Crippen molar-refractivity contribution in [1.82, 2.24) is 9.55 Å². The summed E-state index contributed by atoms with van der Waals surface area (Å²) >= 11 is 0. The summed E-state index contributed by atoms with van der Waals surface area (Å²) in [5.74, 6) is 2.14. The molecule has 1 aromatic carbocycles. The zero-order valence-corrected chi connectivity index (χ0v) is 11.2. The first-order valence-corrected chi connectivity index (χ1v) is 6.20. The zero-order chi connectivity index (χ0) is 13.7. The number of rotatable bonds is 6. The minimum absolute atomic E-state index is 0.0142. The molecule has 0 aliphatic rings. The molecule has 0 saturated carbocycles. The minimum atomic E-state index is -0.0142. The molecule has 1 aromatic heterocycles. The maximum atomic E-state index is 9.13. The van der Waals surface area contributed by atoms with Crippen molar-refractivity contribution in [2.75, 3.05) is 6.61 Å². The van der Waals surface area contributed by atoms with Gasteiger partial charge in [-0.3, -0.25) is 0 Å². The summed E-state index contributed by atoms with van der Waals surface area (Å²) in [4.78, 5) is 4.20. The zero-order valence-electron chi connectivity index (χ0n) is 11.2. The van der Waals surface area contributed by atoms with Crippen molar-refractivity contribution < 1.29 is 14.6 Å². The molecular formula is C14H18N2O3. The van der Waals surface area contributed by atoms with Crippen LogP contribution in [-0.2, 0) is 20.3 Å². The molecule has 0 fully saturated rings. The van der Waals surface area contributed by atoms with Crippen LogP contribution in [0.25, 0.3) is 0 Å². The Labute approximate surface area is 112 Å². The van der Waals surface area contributed by atoms with Crippen molar-refractivity contribution in [1.29, 1.82) is 0 Å². The van der Waals surface area contributed by atoms with Gasteiger partial charge in [0.15, 0.2) is 11.5 Å². The fraction of sp³-hybridized carbons (Fsp3) is 0.357. The Morgan fingerprint density at radius 1 is 1.26 bits per heavy atom. The summed E-state index contributed by atoms with van der Waals surface area (Å²) < 4.78 is 13.1. The van der Waals surface area contributed by atoms with E-state index >= 15 is 0 Å². The number of ether oxygens (including phenoxy) is 2. The first kappa shape index (κ1) is 13.4. The van der Waals surface area contributed by atoms with Crippen LogP contribution in [0.3, 0.4) is 0 Å². The number of aromatic nitrogens is 2. The fourth-order valence-electron chi connectivity index (χ4n) is 1.72. The molecule has 0 bridgehead atoms. The van der Waals surface area contributed by atoms with Crippen LogP contribution in [0.2, 0.25) is 0 Å². The Hall–Kier alpha value is -2.01. The number of aliphatic hydroxyl groups is 1. The van der Waals surface area contributed by atoms with Crippen LogP contribution in [0.1, 0.15) is 18.3 Å². The average Bonchev–Trinajstić information content (AvgIpc) is 2.83. The predicted octanol–water partition coefficient (Wildman–Crippen LogP) is 1.89. The molecule has 0 unspecified atom stereocenters. The van der Waals surface area contributed by atoms with Crippen molar-refractivity contribution in [3.05, 3.63) is 42.0 Å². The minimum Gasteiger partial charge on any atom is -0.490 e. The summed E-state index contributed by atoms with van der Waals surface area (Å²) in [6.45, 7) is 2.82. The van der Waals surface area contributed by atoms with Crippen molar-refractivity contribution in [3.8, 4) is 11.5 Å². The van der Waals surface area contributed by atoms with Crippen LogP contribution < -0.4 is 9.47 Å². The van der Waals surface area contributed by atoms with Gasteiger partial charge in [0.1, 0.15) is 12.4 Å². The van der Waals surface area contributed by atoms with Crippen LogP contribution in [0.4, 0.5) is 0 Å². The Balaban J connectivity index is 2.12. The second-order valence-electron chi connectivity index (χ2n) is 4.12. The summed E-state index contributed by atoms with van der Waals surface area (Å²) in [5, 5.41) is 9.13. The van der Waals surface area contributed by atoms with Crippen LogP contribution in [0.5, 0.6) is 11.5 Å². The van der Waals surface area contributed by atoms with E-state index in [2.05, 4.69) is 4.98 Å². The Morgan fingerprint density at radius 2 is 2.11 bits per heavy atom. The third-order valence-corrected chi connectivity index (χ3v) is 2.77. The van der Waals surface area contributed by atoms with Gasteiger partial charge in [0.05, 0.1) is 13.2 Å². The molecule has 0 spiro atoms. The van der Waals surface area contributed by atoms with E-state index in [1.807, 2.05) is 30.8 Å². The molecule has 2 rings (SSSR count). The van der Waals surface area contributed by atoms with Gasteiger partial charge < -0.3 is 19.1 Å². The van der Waals surface area contributed by atoms with Gasteiger partial charge in [0.25, 0.3) is 0 Å². The van der Waals surface area contributed by atoms with E-state index in [9.17, 15) is 0 Å². The average molecular weight is 262 g/mol. The highest BCUT2D eigenvalue weighted by Crippen LogP contribution is 2.29. The lowest BCUT2D eigenvalue weighted by atomic mass is 10.2. The van der Waals surface area contributed by atoms with Gasteiger partial charge in [-0.15, -0.1) is 0 Å². The highest BCUT2D eigenvalue weighted by atomic mass is 16.5. The number of nitrogens with zero attached hydrogens (tertiary/aromatic N) is 2. The molecule has 1 heterocycles. The number of hydrogen-bond acceptors (Lipinski definition) is 4. The van der Waals surface area contributed by atoms with E-state index in [-0.39, 0.29) is 6.61 Å². The molecule has 5 heteroatoms. The molecule has 0 aliphatic carbocycles. The maximum absolute atomic E-state index is 9.13. The number of imidazole rings is 1. The van der Waals surface area contributed by atoms with E-state index in [0.717, 1.165) is 11.4 Å². The largest absolute Gasteiger partial charge is 0.490 e. The number of benzene rings is 1. The van der Waals surface area contributed by atoms with E-state index in [0.29, 0.717) is 24.7 Å². The van der Waals surface area contributed by atoms with Gasteiger partial charge in [-0.25, -0.2) is 4.98 Å². The lowest BCUT2D eigenvalue weighted by Gasteiger charge is -2.12. The third kappa shape index (κ3) is 3.26. The summed E-state index contributed by atoms with van der Waals surface area (Å²) in [6.07, 6.45) is 3.61. The molecule has 0 aliphatic heterocycles. The lowest BCUT2D eigenvalue weighted by molar-refractivity contribution is 0.257. The van der Waals surface area contributed by atoms with Crippen LogP contribution in [0, 0.1) is 0 Å². The second-order valence-corrected chi connectivity index (χ2v) is 4.12. The third-order valence-electron chi connectivity index (χ3n) is 2.77. The van der Waals surface area contributed by atoms with Crippen LogP contribution in [-0.4, -0.2) is 21.3 Å². The van der Waals surface area contributed by atoms with Crippen molar-refractivity contribution in [2.24, 2.45) is 7.05 Å². The standard InChI is InChI=1S/C14H18N2O3/c1-3-18-13-8-11(9-17)4-5-12(13)19-10-14-15-6-7-16(14)2/h4-8,17H,3,9-10H2,1-2H3. The SMILES string of the molecule is CCOc1cc(CO)ccc1OCc1nccn1C. The molecule has 102 valence electrons. The molecular weight excluding hydrogens is 244 g/mol. The molecule has 1 N–H and O–H groups in total. The number of aryl methyl sites for hydroxylation is 1. The topological polar surface area (TPSA) is 56.5 Å². The van der Waals surface area contributed by atoms with Gasteiger partial charge >= 0.3 is 0 Å². The van der Waals surface area contributed by atoms with Crippen LogP contribution >= 0.6 is 0 Å². The van der Waals surface area contributed by atoms with Crippen LogP contribution in [0.15, 0.2) is 30.6 Å². The quantitative estimate of drug-likeness (QED) is 0.863. The fourth-order valence-corrected chi connectivity index (χ4v) is 1.72. The van der Waals surface area contributed by atoms with Gasteiger partial charge in [-0.1, -0.05) is 6.07 Å². The molecule has 19 heavy (non-hydrogen) atoms. The smallest absolute Gasteiger partial charge is 0.161 e. The van der Waals surface area contributed by atoms with E-state index in [4.69, 9.17) is 14.6 Å². The highest BCUT2D eigenvalue weighted by Gasteiger charge is 2.08. The Morgan fingerprint density at radius 3 is 2.74 bits per heavy atom. The maximum Gasteiger partial charge on any atom is 0.161 e. The van der Waals surface area contributed by atoms with Crippen molar-refractivity contribution in [3.63, 3.8) is 0 Å². The summed E-state index contributed by atoms with van der Waals surface area (Å²) in [6, 6.07) is 5.41. The van der Waals surface area contributed by atoms with E-state index in [1.54, 1.807) is 18.3 Å². The molecule has 5 nitrogen and oxygen atoms in total. The lowest BCUT2D eigenvalue weighted by Crippen LogP contribution is -2.04. The van der Waals surface area contributed by atoms with Gasteiger partial charge in [0.2, 0.25) is 0 Å². The van der Waals surface area contributed by atoms with Crippen molar-refractivity contribution >= 4 is 0 Å². The van der Waals surface area contributed by atoms with E-state index in [1.165, 1.54) is 0 Å². The van der Waals surface area contributed by atoms with Crippen molar-refractivity contribution in [2.45, 2.75) is 20.1 Å². The molecule has 0 radical (unpaired) electrons. The molecule has 2 aromatic rings. The predicted molar refractivity (Wildman–Crippen MR) is 71.1 cm³/mol. The number of hydrogen-bond donors (Lipinski definition) is 1. The summed E-state index contributed by atoms with van der Waals surface area (Å²) in [5.41, 5.74) is 0.799. The highest BCUT2D eigenvalue weighted by molar-refractivity contribution is 5.42. The molecule has 0 amide bonds. The molecule has 0 saturated heterocycles. The Bertz CT molecular complexity index is 537. The number of aliphatic hydroxyl groups excluding tert-OH is 1. The first-order valence-electron chi connectivity index (χ1n) is 6.20. The second kappa shape index (κ2) is 6.24. The summed E-state index contributed by atoms with van der Waals surface area (Å²) in [7, 11) is 1.92. The molecule has 0 atom stereocenters. The monoisotopic (exact) mass is 262 g/mol. The Kier molecular flexibility index (Phi) is 4.41. The normalized spacial score (nSPS) is 10.5. The van der Waals surface area contributed by atoms with Gasteiger partial charge in [-0.05, 0) is 24.6 Å². The van der Waals surface area contributed by atoms with Gasteiger partial charge in [0, 0.05) is 19.4 Å². The van der Waals surface area contributed by atoms with E-state index < -0.39 is 0 Å². The van der Waals surface area contributed by atoms with Gasteiger partial charge in [-0.2, -0.15) is 0 Å².